The summed E-state index contributed by atoms with van der Waals surface area (Å²) in [6.45, 7) is 4.27. The van der Waals surface area contributed by atoms with E-state index in [2.05, 4.69) is 10.5 Å². The van der Waals surface area contributed by atoms with Crippen LogP contribution >= 0.6 is 11.6 Å². The summed E-state index contributed by atoms with van der Waals surface area (Å²) in [4.78, 5) is 17.7. The summed E-state index contributed by atoms with van der Waals surface area (Å²) in [7, 11) is 0. The van der Waals surface area contributed by atoms with E-state index in [0.29, 0.717) is 29.2 Å². The number of nitrogens with one attached hydrogen (secondary N) is 1. The van der Waals surface area contributed by atoms with E-state index in [4.69, 9.17) is 21.1 Å². The molecule has 0 saturated carbocycles. The first kappa shape index (κ1) is 19.2. The Hall–Kier alpha value is -3.18. The van der Waals surface area contributed by atoms with Crippen molar-refractivity contribution < 1.29 is 9.32 Å². The minimum Gasteiger partial charge on any atom is -0.361 e. The van der Waals surface area contributed by atoms with Crippen LogP contribution < -0.4 is 5.32 Å². The number of rotatable bonds is 5. The number of benzene rings is 2. The molecule has 6 heteroatoms. The third kappa shape index (κ3) is 3.87. The van der Waals surface area contributed by atoms with Crippen molar-refractivity contribution in [2.75, 3.05) is 6.54 Å². The zero-order valence-electron chi connectivity index (χ0n) is 16.2. The topological polar surface area (TPSA) is 68.0 Å². The molecule has 1 amide bonds. The molecule has 0 saturated heterocycles. The van der Waals surface area contributed by atoms with E-state index < -0.39 is 0 Å². The Balaban J connectivity index is 1.65. The zero-order valence-corrected chi connectivity index (χ0v) is 17.0. The molecule has 29 heavy (non-hydrogen) atoms. The Bertz CT molecular complexity index is 1180. The number of hydrogen-bond donors (Lipinski definition) is 1. The van der Waals surface area contributed by atoms with Crippen LogP contribution in [0.5, 0.6) is 0 Å². The molecular formula is C23H20ClN3O2. The van der Waals surface area contributed by atoms with Gasteiger partial charge in [0.15, 0.2) is 0 Å². The van der Waals surface area contributed by atoms with Crippen LogP contribution in [0.15, 0.2) is 59.1 Å². The lowest BCUT2D eigenvalue weighted by atomic mass is 10.0. The average Bonchev–Trinajstić information content (AvgIpc) is 3.05. The van der Waals surface area contributed by atoms with Crippen molar-refractivity contribution in [1.29, 1.82) is 0 Å². The van der Waals surface area contributed by atoms with Gasteiger partial charge in [0.1, 0.15) is 5.76 Å². The maximum Gasteiger partial charge on any atom is 0.252 e. The number of amides is 1. The molecule has 4 aromatic rings. The van der Waals surface area contributed by atoms with Crippen LogP contribution in [0.3, 0.4) is 0 Å². The molecule has 0 bridgehead atoms. The van der Waals surface area contributed by atoms with Crippen LogP contribution in [0.2, 0.25) is 5.02 Å². The summed E-state index contributed by atoms with van der Waals surface area (Å²) in [5, 5.41) is 8.37. The van der Waals surface area contributed by atoms with Gasteiger partial charge in [-0.2, -0.15) is 0 Å². The molecule has 0 radical (unpaired) electrons. The minimum absolute atomic E-state index is 0.149. The molecule has 0 atom stereocenters. The molecule has 2 aromatic heterocycles. The van der Waals surface area contributed by atoms with Gasteiger partial charge in [-0.1, -0.05) is 53.2 Å². The summed E-state index contributed by atoms with van der Waals surface area (Å²) in [5.74, 6) is 0.635. The molecule has 0 fully saturated rings. The predicted molar refractivity (Wildman–Crippen MR) is 114 cm³/mol. The number of nitrogens with zero attached hydrogens (tertiary/aromatic N) is 2. The third-order valence-electron chi connectivity index (χ3n) is 4.95. The maximum atomic E-state index is 13.0. The quantitative estimate of drug-likeness (QED) is 0.499. The van der Waals surface area contributed by atoms with Crippen LogP contribution in [0.25, 0.3) is 22.2 Å². The van der Waals surface area contributed by atoms with Gasteiger partial charge < -0.3 is 9.84 Å². The number of para-hydroxylation sites is 1. The Morgan fingerprint density at radius 1 is 1.10 bits per heavy atom. The number of hydrogen-bond acceptors (Lipinski definition) is 4. The fourth-order valence-electron chi connectivity index (χ4n) is 3.43. The van der Waals surface area contributed by atoms with Gasteiger partial charge >= 0.3 is 0 Å². The van der Waals surface area contributed by atoms with Crippen molar-refractivity contribution in [2.45, 2.75) is 20.3 Å². The highest BCUT2D eigenvalue weighted by Gasteiger charge is 2.16. The first-order valence-electron chi connectivity index (χ1n) is 9.39. The van der Waals surface area contributed by atoms with Gasteiger partial charge in [0.05, 0.1) is 22.5 Å². The van der Waals surface area contributed by atoms with E-state index in [9.17, 15) is 4.79 Å². The highest BCUT2D eigenvalue weighted by molar-refractivity contribution is 6.33. The first-order valence-corrected chi connectivity index (χ1v) is 9.77. The molecule has 0 aliphatic heterocycles. The second kappa shape index (κ2) is 8.05. The summed E-state index contributed by atoms with van der Waals surface area (Å²) >= 11 is 6.36. The second-order valence-electron chi connectivity index (χ2n) is 6.86. The van der Waals surface area contributed by atoms with E-state index in [-0.39, 0.29) is 5.91 Å². The van der Waals surface area contributed by atoms with Crippen molar-refractivity contribution in [3.8, 4) is 11.3 Å². The fourth-order valence-corrected chi connectivity index (χ4v) is 3.66. The van der Waals surface area contributed by atoms with Crippen LogP contribution in [0, 0.1) is 13.8 Å². The van der Waals surface area contributed by atoms with Crippen molar-refractivity contribution in [3.63, 3.8) is 0 Å². The molecule has 2 heterocycles. The van der Waals surface area contributed by atoms with E-state index >= 15 is 0 Å². The number of pyridine rings is 1. The summed E-state index contributed by atoms with van der Waals surface area (Å²) in [6, 6.07) is 16.9. The lowest BCUT2D eigenvalue weighted by Crippen LogP contribution is -2.26. The van der Waals surface area contributed by atoms with Gasteiger partial charge in [-0.15, -0.1) is 0 Å². The second-order valence-corrected chi connectivity index (χ2v) is 7.27. The van der Waals surface area contributed by atoms with Gasteiger partial charge in [-0.25, -0.2) is 4.98 Å². The third-order valence-corrected chi connectivity index (χ3v) is 5.28. The van der Waals surface area contributed by atoms with E-state index in [1.807, 2.05) is 62.4 Å². The molecule has 0 aliphatic rings. The number of aryl methyl sites for hydroxylation is 2. The average molecular weight is 406 g/mol. The van der Waals surface area contributed by atoms with Gasteiger partial charge in [0.25, 0.3) is 5.91 Å². The van der Waals surface area contributed by atoms with Crippen LogP contribution in [-0.4, -0.2) is 22.6 Å². The summed E-state index contributed by atoms with van der Waals surface area (Å²) < 4.78 is 5.19. The van der Waals surface area contributed by atoms with Crippen LogP contribution in [-0.2, 0) is 6.42 Å². The van der Waals surface area contributed by atoms with Gasteiger partial charge in [-0.05, 0) is 38.5 Å². The number of carbonyl (C=O) groups is 1. The monoisotopic (exact) mass is 405 g/mol. The fraction of sp³-hybridized carbons (Fsp3) is 0.174. The van der Waals surface area contributed by atoms with Crippen LogP contribution in [0.4, 0.5) is 0 Å². The maximum absolute atomic E-state index is 13.0. The Morgan fingerprint density at radius 3 is 2.62 bits per heavy atom. The lowest BCUT2D eigenvalue weighted by molar-refractivity contribution is 0.0955. The van der Waals surface area contributed by atoms with Gasteiger partial charge in [0, 0.05) is 28.1 Å². The van der Waals surface area contributed by atoms with Crippen molar-refractivity contribution in [1.82, 2.24) is 15.5 Å². The zero-order chi connectivity index (χ0) is 20.4. The molecule has 0 unspecified atom stereocenters. The number of fused-ring (bicyclic) bond motifs is 1. The largest absolute Gasteiger partial charge is 0.361 e. The summed E-state index contributed by atoms with van der Waals surface area (Å²) in [6.07, 6.45) is 0.660. The molecular weight excluding hydrogens is 386 g/mol. The number of halogens is 1. The van der Waals surface area contributed by atoms with Gasteiger partial charge in [-0.3, -0.25) is 4.79 Å². The lowest BCUT2D eigenvalue weighted by Gasteiger charge is -2.11. The summed E-state index contributed by atoms with van der Waals surface area (Å²) in [5.41, 5.74) is 4.67. The molecule has 5 nitrogen and oxygen atoms in total. The molecule has 146 valence electrons. The Kier molecular flexibility index (Phi) is 5.32. The Morgan fingerprint density at radius 2 is 1.86 bits per heavy atom. The predicted octanol–water partition coefficient (Wildman–Crippen LogP) is 5.13. The number of carbonyl (C=O) groups excluding carboxylic acids is 1. The van der Waals surface area contributed by atoms with Gasteiger partial charge in [0.2, 0.25) is 0 Å². The standard InChI is InChI=1S/C23H20ClN3O2/c1-14-16(15(2)29-27-14)11-12-25-23(28)19-13-22(18-8-3-5-9-20(18)24)26-21-10-6-4-7-17(19)21/h3-10,13H,11-12H2,1-2H3,(H,25,28). The molecule has 2 aromatic carbocycles. The highest BCUT2D eigenvalue weighted by atomic mass is 35.5. The van der Waals surface area contributed by atoms with Crippen molar-refractivity contribution >= 4 is 28.4 Å². The first-order chi connectivity index (χ1) is 14.0. The van der Waals surface area contributed by atoms with Crippen molar-refractivity contribution in [2.24, 2.45) is 0 Å². The van der Waals surface area contributed by atoms with E-state index in [0.717, 1.165) is 33.5 Å². The van der Waals surface area contributed by atoms with E-state index in [1.54, 1.807) is 6.07 Å². The molecule has 0 aliphatic carbocycles. The Labute approximate surface area is 173 Å². The molecule has 0 spiro atoms. The van der Waals surface area contributed by atoms with Crippen molar-refractivity contribution in [3.05, 3.63) is 82.2 Å². The molecule has 4 rings (SSSR count). The number of aromatic nitrogens is 2. The van der Waals surface area contributed by atoms with E-state index in [1.165, 1.54) is 0 Å². The SMILES string of the molecule is Cc1noc(C)c1CCNC(=O)c1cc(-c2ccccc2Cl)nc2ccccc12. The minimum atomic E-state index is -0.149. The molecule has 1 N–H and O–H groups in total. The smallest absolute Gasteiger partial charge is 0.252 e. The van der Waals surface area contributed by atoms with Crippen LogP contribution in [0.1, 0.15) is 27.4 Å². The normalized spacial score (nSPS) is 11.0. The highest BCUT2D eigenvalue weighted by Crippen LogP contribution is 2.29.